The van der Waals surface area contributed by atoms with E-state index >= 15 is 4.39 Å². The van der Waals surface area contributed by atoms with Crippen molar-refractivity contribution in [2.75, 3.05) is 26.9 Å². The number of halogens is 2. The Labute approximate surface area is 240 Å². The normalized spacial score (nSPS) is 20.8. The Balaban J connectivity index is 1.62. The van der Waals surface area contributed by atoms with Crippen LogP contribution in [-0.2, 0) is 9.47 Å². The SMILES string of the molecule is COCCOc1cc(F)cc(F)c1-c1c(C2C=C3[C@H](C)N(C(=O)OC(C)(C)C)[C@H](C)CN3N2)[nH]c(=O)c2ccsc12. The number of hydrazine groups is 1. The lowest BCUT2D eigenvalue weighted by Crippen LogP contribution is -2.59. The molecule has 4 heterocycles. The molecular formula is C29H34F2N4O5S. The van der Waals surface area contributed by atoms with Crippen LogP contribution >= 0.6 is 11.3 Å². The number of amides is 1. The maximum atomic E-state index is 15.6. The van der Waals surface area contributed by atoms with Crippen molar-refractivity contribution in [2.45, 2.75) is 58.3 Å². The Kier molecular flexibility index (Phi) is 7.84. The molecule has 2 aliphatic heterocycles. The lowest BCUT2D eigenvalue weighted by molar-refractivity contribution is -0.00702. The van der Waals surface area contributed by atoms with E-state index in [-0.39, 0.29) is 42.2 Å². The third-order valence-electron chi connectivity index (χ3n) is 7.09. The molecule has 41 heavy (non-hydrogen) atoms. The fourth-order valence-corrected chi connectivity index (χ4v) is 6.38. The van der Waals surface area contributed by atoms with Crippen molar-refractivity contribution in [1.82, 2.24) is 20.3 Å². The van der Waals surface area contributed by atoms with Crippen LogP contribution in [0.2, 0.25) is 0 Å². The molecule has 1 aromatic carbocycles. The maximum Gasteiger partial charge on any atom is 0.411 e. The molecular weight excluding hydrogens is 554 g/mol. The lowest BCUT2D eigenvalue weighted by atomic mass is 9.96. The van der Waals surface area contributed by atoms with Gasteiger partial charge in [-0.05, 0) is 52.1 Å². The summed E-state index contributed by atoms with van der Waals surface area (Å²) in [5.74, 6) is -1.60. The number of rotatable bonds is 6. The number of thiophene rings is 1. The molecule has 2 N–H and O–H groups in total. The van der Waals surface area contributed by atoms with E-state index in [2.05, 4.69) is 10.4 Å². The monoisotopic (exact) mass is 588 g/mol. The molecule has 1 fully saturated rings. The number of aromatic amines is 1. The van der Waals surface area contributed by atoms with Crippen LogP contribution in [-0.4, -0.2) is 65.5 Å². The standard InChI is InChI=1S/C29H34F2N4O5S/c1-15-14-34-21(16(2)35(15)28(37)40-29(3,4)5)13-20(33-34)25-24(26-18(7-10-41-26)27(36)32-25)23-19(31)11-17(30)12-22(23)39-9-8-38-6/h7,10-13,15-16,20,33H,8-9,14H2,1-6H3,(H,32,36)/t15-,16+,20?/m1/s1. The minimum absolute atomic E-state index is 0.00372. The van der Waals surface area contributed by atoms with Gasteiger partial charge in [0.15, 0.2) is 0 Å². The number of hydrogen-bond acceptors (Lipinski definition) is 8. The number of H-pyrrole nitrogens is 1. The predicted molar refractivity (Wildman–Crippen MR) is 153 cm³/mol. The van der Waals surface area contributed by atoms with Gasteiger partial charge in [-0.3, -0.25) is 9.69 Å². The third-order valence-corrected chi connectivity index (χ3v) is 8.03. The third kappa shape index (κ3) is 5.55. The first-order chi connectivity index (χ1) is 19.4. The maximum absolute atomic E-state index is 15.6. The molecule has 0 radical (unpaired) electrons. The number of methoxy groups -OCH3 is 1. The minimum atomic E-state index is -0.818. The number of hydrogen-bond donors (Lipinski definition) is 2. The fourth-order valence-electron chi connectivity index (χ4n) is 5.42. The molecule has 3 aromatic rings. The van der Waals surface area contributed by atoms with Crippen molar-refractivity contribution in [3.05, 3.63) is 63.0 Å². The van der Waals surface area contributed by atoms with E-state index in [1.807, 2.05) is 45.7 Å². The molecule has 0 spiro atoms. The van der Waals surface area contributed by atoms with Crippen molar-refractivity contribution in [3.8, 4) is 16.9 Å². The van der Waals surface area contributed by atoms with Gasteiger partial charge in [0, 0.05) is 35.2 Å². The summed E-state index contributed by atoms with van der Waals surface area (Å²) in [6.07, 6.45) is 1.50. The van der Waals surface area contributed by atoms with Gasteiger partial charge in [-0.2, -0.15) is 0 Å². The summed E-state index contributed by atoms with van der Waals surface area (Å²) in [6.45, 7) is 10.1. The van der Waals surface area contributed by atoms with Gasteiger partial charge in [-0.15, -0.1) is 11.3 Å². The summed E-state index contributed by atoms with van der Waals surface area (Å²) in [4.78, 5) is 30.9. The molecule has 3 atom stereocenters. The second-order valence-electron chi connectivity index (χ2n) is 11.2. The number of ether oxygens (including phenoxy) is 3. The lowest BCUT2D eigenvalue weighted by Gasteiger charge is -2.45. The largest absolute Gasteiger partial charge is 0.490 e. The number of fused-ring (bicyclic) bond motifs is 2. The highest BCUT2D eigenvalue weighted by molar-refractivity contribution is 7.17. The number of nitrogens with one attached hydrogen (secondary N) is 2. The molecule has 0 bridgehead atoms. The van der Waals surface area contributed by atoms with Gasteiger partial charge < -0.3 is 24.2 Å². The van der Waals surface area contributed by atoms with Crippen LogP contribution in [0.5, 0.6) is 5.75 Å². The predicted octanol–water partition coefficient (Wildman–Crippen LogP) is 5.33. The smallest absolute Gasteiger partial charge is 0.411 e. The van der Waals surface area contributed by atoms with Crippen LogP contribution in [0, 0.1) is 11.6 Å². The average Bonchev–Trinajstić information content (AvgIpc) is 3.52. The van der Waals surface area contributed by atoms with Crippen LogP contribution in [0.3, 0.4) is 0 Å². The highest BCUT2D eigenvalue weighted by Crippen LogP contribution is 2.44. The zero-order valence-corrected chi connectivity index (χ0v) is 24.7. The van der Waals surface area contributed by atoms with Crippen molar-refractivity contribution < 1.29 is 27.8 Å². The van der Waals surface area contributed by atoms with E-state index in [1.54, 1.807) is 16.3 Å². The number of pyridine rings is 1. The molecule has 220 valence electrons. The average molecular weight is 589 g/mol. The summed E-state index contributed by atoms with van der Waals surface area (Å²) in [5, 5.41) is 4.09. The van der Waals surface area contributed by atoms with Crippen molar-refractivity contribution in [2.24, 2.45) is 0 Å². The van der Waals surface area contributed by atoms with Gasteiger partial charge in [0.2, 0.25) is 0 Å². The second-order valence-corrected chi connectivity index (χ2v) is 12.1. The van der Waals surface area contributed by atoms with Crippen LogP contribution in [0.4, 0.5) is 13.6 Å². The molecule has 0 saturated carbocycles. The summed E-state index contributed by atoms with van der Waals surface area (Å²) >= 11 is 1.29. The summed E-state index contributed by atoms with van der Waals surface area (Å²) in [5.41, 5.74) is 4.10. The van der Waals surface area contributed by atoms with E-state index < -0.39 is 29.4 Å². The molecule has 12 heteroatoms. The fraction of sp³-hybridized carbons (Fsp3) is 0.448. The van der Waals surface area contributed by atoms with Crippen LogP contribution in [0.15, 0.2) is 40.1 Å². The van der Waals surface area contributed by atoms with Gasteiger partial charge >= 0.3 is 6.09 Å². The number of nitrogens with zero attached hydrogens (tertiary/aromatic N) is 2. The van der Waals surface area contributed by atoms with Crippen molar-refractivity contribution in [1.29, 1.82) is 0 Å². The number of benzene rings is 1. The Morgan fingerprint density at radius 1 is 1.17 bits per heavy atom. The van der Waals surface area contributed by atoms with Gasteiger partial charge in [-0.25, -0.2) is 19.0 Å². The van der Waals surface area contributed by atoms with E-state index in [0.717, 1.165) is 17.8 Å². The van der Waals surface area contributed by atoms with Gasteiger partial charge in [-0.1, -0.05) is 0 Å². The zero-order valence-electron chi connectivity index (χ0n) is 23.8. The molecule has 5 rings (SSSR count). The van der Waals surface area contributed by atoms with Gasteiger partial charge in [0.1, 0.15) is 29.6 Å². The molecule has 0 aliphatic carbocycles. The van der Waals surface area contributed by atoms with Crippen LogP contribution < -0.4 is 15.7 Å². The van der Waals surface area contributed by atoms with E-state index in [9.17, 15) is 14.0 Å². The zero-order chi connectivity index (χ0) is 29.6. The molecule has 1 saturated heterocycles. The highest BCUT2D eigenvalue weighted by Gasteiger charge is 2.42. The molecule has 1 unspecified atom stereocenters. The van der Waals surface area contributed by atoms with E-state index in [4.69, 9.17) is 14.2 Å². The van der Waals surface area contributed by atoms with Crippen LogP contribution in [0.1, 0.15) is 46.4 Å². The van der Waals surface area contributed by atoms with E-state index in [1.165, 1.54) is 18.4 Å². The van der Waals surface area contributed by atoms with Crippen molar-refractivity contribution >= 4 is 27.5 Å². The number of aromatic nitrogens is 1. The molecule has 1 amide bonds. The summed E-state index contributed by atoms with van der Waals surface area (Å²) in [7, 11) is 1.51. The Morgan fingerprint density at radius 3 is 2.63 bits per heavy atom. The van der Waals surface area contributed by atoms with Crippen LogP contribution in [0.25, 0.3) is 21.2 Å². The Morgan fingerprint density at radius 2 is 1.93 bits per heavy atom. The second kappa shape index (κ2) is 11.1. The summed E-state index contributed by atoms with van der Waals surface area (Å²) in [6, 6.07) is 2.50. The molecule has 9 nitrogen and oxygen atoms in total. The van der Waals surface area contributed by atoms with Gasteiger partial charge in [0.25, 0.3) is 5.56 Å². The first-order valence-electron chi connectivity index (χ1n) is 13.4. The number of carbonyl (C=O) groups is 1. The number of piperazine rings is 1. The summed E-state index contributed by atoms with van der Waals surface area (Å²) < 4.78 is 47.1. The molecule has 2 aromatic heterocycles. The first-order valence-corrected chi connectivity index (χ1v) is 14.3. The quantitative estimate of drug-likeness (QED) is 0.376. The number of carbonyl (C=O) groups excluding carboxylic acids is 1. The molecule has 2 aliphatic rings. The van der Waals surface area contributed by atoms with Crippen molar-refractivity contribution in [3.63, 3.8) is 0 Å². The highest BCUT2D eigenvalue weighted by atomic mass is 32.1. The Bertz CT molecular complexity index is 1560. The topological polar surface area (TPSA) is 96.1 Å². The first kappa shape index (κ1) is 29.0. The minimum Gasteiger partial charge on any atom is -0.490 e. The van der Waals surface area contributed by atoms with E-state index in [0.29, 0.717) is 27.9 Å². The Hall–Kier alpha value is -3.48. The van der Waals surface area contributed by atoms with Gasteiger partial charge in [0.05, 0.1) is 47.9 Å².